The molecule has 0 spiro atoms. The topological polar surface area (TPSA) is 53.7 Å². The van der Waals surface area contributed by atoms with E-state index in [1.54, 1.807) is 0 Å². The van der Waals surface area contributed by atoms with E-state index in [-0.39, 0.29) is 13.5 Å². The summed E-state index contributed by atoms with van der Waals surface area (Å²) in [6.45, 7) is 2.69. The van der Waals surface area contributed by atoms with Gasteiger partial charge in [-0.3, -0.25) is 0 Å². The Labute approximate surface area is 48.4 Å². The van der Waals surface area contributed by atoms with Gasteiger partial charge in [0, 0.05) is 6.61 Å². The van der Waals surface area contributed by atoms with E-state index < -0.39 is 0 Å². The fraction of sp³-hybridized carbons (Fsp3) is 1.00. The van der Waals surface area contributed by atoms with Crippen molar-refractivity contribution in [3.05, 3.63) is 0 Å². The lowest BCUT2D eigenvalue weighted by Gasteiger charge is -1.98. The van der Waals surface area contributed by atoms with Crippen LogP contribution in [0.2, 0.25) is 0 Å². The standard InChI is InChI=1S/C4H11NO3/c1-2-6-4-8-7-3-5/h2-5H2,1H3. The highest BCUT2D eigenvalue weighted by molar-refractivity contribution is 4.01. The molecule has 0 fully saturated rings. The van der Waals surface area contributed by atoms with E-state index >= 15 is 0 Å². The van der Waals surface area contributed by atoms with Gasteiger partial charge in [-0.1, -0.05) is 0 Å². The molecule has 0 aromatic carbocycles. The van der Waals surface area contributed by atoms with Crippen LogP contribution >= 0.6 is 0 Å². The molecule has 0 radical (unpaired) electrons. The van der Waals surface area contributed by atoms with Gasteiger partial charge in [0.1, 0.15) is 6.73 Å². The van der Waals surface area contributed by atoms with E-state index in [0.29, 0.717) is 6.61 Å². The summed E-state index contributed by atoms with van der Waals surface area (Å²) in [6, 6.07) is 0. The Balaban J connectivity index is 2.53. The van der Waals surface area contributed by atoms with E-state index in [1.807, 2.05) is 6.92 Å². The van der Waals surface area contributed by atoms with Gasteiger partial charge < -0.3 is 10.5 Å². The van der Waals surface area contributed by atoms with Crippen LogP contribution in [0.4, 0.5) is 0 Å². The number of hydrogen-bond acceptors (Lipinski definition) is 4. The second-order valence-electron chi connectivity index (χ2n) is 1.01. The molecule has 0 bridgehead atoms. The number of hydrogen-bond donors (Lipinski definition) is 1. The zero-order valence-electron chi connectivity index (χ0n) is 4.92. The minimum absolute atomic E-state index is 0.0626. The molecule has 0 aromatic heterocycles. The molecule has 4 heteroatoms. The molecule has 0 saturated heterocycles. The third-order valence-corrected chi connectivity index (χ3v) is 0.487. The van der Waals surface area contributed by atoms with Crippen LogP contribution in [-0.2, 0) is 14.5 Å². The Kier molecular flexibility index (Phi) is 6.70. The second kappa shape index (κ2) is 6.84. The minimum atomic E-state index is 0.0626. The summed E-state index contributed by atoms with van der Waals surface area (Å²) < 4.78 is 4.73. The van der Waals surface area contributed by atoms with Crippen molar-refractivity contribution in [1.29, 1.82) is 0 Å². The van der Waals surface area contributed by atoms with Crippen LogP contribution in [0.15, 0.2) is 0 Å². The molecule has 0 heterocycles. The third-order valence-electron chi connectivity index (χ3n) is 0.487. The van der Waals surface area contributed by atoms with Crippen molar-refractivity contribution >= 4 is 0 Å². The maximum Gasteiger partial charge on any atom is 0.180 e. The molecule has 0 rings (SSSR count). The Bertz CT molecular complexity index is 36.3. The molecule has 4 nitrogen and oxygen atoms in total. The van der Waals surface area contributed by atoms with Crippen molar-refractivity contribution in [2.45, 2.75) is 6.92 Å². The summed E-state index contributed by atoms with van der Waals surface area (Å²) in [5.41, 5.74) is 4.91. The molecular formula is C4H11NO3. The van der Waals surface area contributed by atoms with E-state index in [9.17, 15) is 0 Å². The van der Waals surface area contributed by atoms with Crippen LogP contribution in [0.5, 0.6) is 0 Å². The molecule has 0 amide bonds. The first-order valence-electron chi connectivity index (χ1n) is 2.44. The predicted molar refractivity (Wildman–Crippen MR) is 27.7 cm³/mol. The Morgan fingerprint density at radius 2 is 2.12 bits per heavy atom. The smallest absolute Gasteiger partial charge is 0.180 e. The van der Waals surface area contributed by atoms with Crippen LogP contribution in [0.1, 0.15) is 6.92 Å². The van der Waals surface area contributed by atoms with Gasteiger partial charge >= 0.3 is 0 Å². The minimum Gasteiger partial charge on any atom is -0.353 e. The van der Waals surface area contributed by atoms with Crippen LogP contribution in [0, 0.1) is 0 Å². The zero-order valence-corrected chi connectivity index (χ0v) is 4.92. The third kappa shape index (κ3) is 5.84. The van der Waals surface area contributed by atoms with Gasteiger partial charge in [-0.05, 0) is 6.92 Å². The molecule has 0 unspecified atom stereocenters. The van der Waals surface area contributed by atoms with E-state index in [1.165, 1.54) is 0 Å². The number of rotatable bonds is 5. The van der Waals surface area contributed by atoms with E-state index in [4.69, 9.17) is 10.5 Å². The van der Waals surface area contributed by atoms with Gasteiger partial charge in [-0.2, -0.15) is 0 Å². The monoisotopic (exact) mass is 121 g/mol. The fourth-order valence-corrected chi connectivity index (χ4v) is 0.199. The highest BCUT2D eigenvalue weighted by Gasteiger charge is 1.80. The van der Waals surface area contributed by atoms with Gasteiger partial charge in [0.05, 0.1) is 0 Å². The van der Waals surface area contributed by atoms with Crippen molar-refractivity contribution in [2.75, 3.05) is 20.1 Å². The molecule has 2 N–H and O–H groups in total. The highest BCUT2D eigenvalue weighted by Crippen LogP contribution is 1.76. The summed E-state index contributed by atoms with van der Waals surface area (Å²) in [7, 11) is 0. The van der Waals surface area contributed by atoms with Gasteiger partial charge in [0.15, 0.2) is 6.79 Å². The summed E-state index contributed by atoms with van der Waals surface area (Å²) in [4.78, 5) is 8.66. The van der Waals surface area contributed by atoms with Crippen LogP contribution in [0.3, 0.4) is 0 Å². The lowest BCUT2D eigenvalue weighted by Crippen LogP contribution is -2.07. The summed E-state index contributed by atoms with van der Waals surface area (Å²) in [5, 5.41) is 0. The molecule has 50 valence electrons. The maximum absolute atomic E-state index is 4.91. The van der Waals surface area contributed by atoms with Crippen LogP contribution < -0.4 is 5.73 Å². The SMILES string of the molecule is CCOCOOCN. The zero-order chi connectivity index (χ0) is 6.24. The molecule has 0 aliphatic carbocycles. The molecular weight excluding hydrogens is 110 g/mol. The molecule has 0 aliphatic rings. The van der Waals surface area contributed by atoms with Crippen molar-refractivity contribution in [2.24, 2.45) is 5.73 Å². The summed E-state index contributed by atoms with van der Waals surface area (Å²) in [5.74, 6) is 0. The van der Waals surface area contributed by atoms with Gasteiger partial charge in [-0.25, -0.2) is 9.78 Å². The molecule has 0 atom stereocenters. The second-order valence-corrected chi connectivity index (χ2v) is 1.01. The quantitative estimate of drug-likeness (QED) is 0.238. The Morgan fingerprint density at radius 3 is 2.62 bits per heavy atom. The van der Waals surface area contributed by atoms with Crippen molar-refractivity contribution in [1.82, 2.24) is 0 Å². The summed E-state index contributed by atoms with van der Waals surface area (Å²) in [6.07, 6.45) is 0. The average molecular weight is 121 g/mol. The lowest BCUT2D eigenvalue weighted by atomic mass is 10.9. The Hall–Kier alpha value is -0.160. The van der Waals surface area contributed by atoms with E-state index in [0.717, 1.165) is 0 Å². The van der Waals surface area contributed by atoms with Crippen molar-refractivity contribution in [3.63, 3.8) is 0 Å². The van der Waals surface area contributed by atoms with Crippen molar-refractivity contribution < 1.29 is 14.5 Å². The summed E-state index contributed by atoms with van der Waals surface area (Å²) >= 11 is 0. The lowest BCUT2D eigenvalue weighted by molar-refractivity contribution is -0.334. The molecule has 0 saturated carbocycles. The first-order valence-corrected chi connectivity index (χ1v) is 2.44. The fourth-order valence-electron chi connectivity index (χ4n) is 0.199. The van der Waals surface area contributed by atoms with Crippen molar-refractivity contribution in [3.8, 4) is 0 Å². The first kappa shape index (κ1) is 7.84. The van der Waals surface area contributed by atoms with Gasteiger partial charge in [-0.15, -0.1) is 0 Å². The largest absolute Gasteiger partial charge is 0.353 e. The van der Waals surface area contributed by atoms with Crippen LogP contribution in [0.25, 0.3) is 0 Å². The number of ether oxygens (including phenoxy) is 1. The molecule has 0 aromatic rings. The first-order chi connectivity index (χ1) is 3.91. The molecule has 8 heavy (non-hydrogen) atoms. The van der Waals surface area contributed by atoms with Gasteiger partial charge in [0.2, 0.25) is 0 Å². The molecule has 0 aliphatic heterocycles. The number of nitrogens with two attached hydrogens (primary N) is 1. The average Bonchev–Trinajstić information content (AvgIpc) is 1.81. The normalized spacial score (nSPS) is 9.75. The maximum atomic E-state index is 4.91. The van der Waals surface area contributed by atoms with Crippen LogP contribution in [-0.4, -0.2) is 20.1 Å². The Morgan fingerprint density at radius 1 is 1.38 bits per heavy atom. The highest BCUT2D eigenvalue weighted by atomic mass is 17.2. The predicted octanol–water partition coefficient (Wildman–Crippen LogP) is -0.155. The van der Waals surface area contributed by atoms with Gasteiger partial charge in [0.25, 0.3) is 0 Å². The van der Waals surface area contributed by atoms with E-state index in [2.05, 4.69) is 9.78 Å².